The van der Waals surface area contributed by atoms with Gasteiger partial charge in [0.1, 0.15) is 0 Å². The van der Waals surface area contributed by atoms with Gasteiger partial charge < -0.3 is 29.8 Å². The number of rotatable bonds is 10. The summed E-state index contributed by atoms with van der Waals surface area (Å²) in [6.45, 7) is 0.482. The summed E-state index contributed by atoms with van der Waals surface area (Å²) in [4.78, 5) is 24.5. The Bertz CT molecular complexity index is 1070. The van der Waals surface area contributed by atoms with E-state index in [1.54, 1.807) is 44.6 Å². The summed E-state index contributed by atoms with van der Waals surface area (Å²) in [5.74, 6) is 0.861. The summed E-state index contributed by atoms with van der Waals surface area (Å²) >= 11 is 6.06. The second kappa shape index (κ2) is 11.1. The van der Waals surface area contributed by atoms with Crippen LogP contribution in [0.5, 0.6) is 11.5 Å². The van der Waals surface area contributed by atoms with Crippen molar-refractivity contribution in [3.8, 4) is 11.5 Å². The van der Waals surface area contributed by atoms with E-state index >= 15 is 0 Å². The molecule has 0 aliphatic carbocycles. The maximum absolute atomic E-state index is 12.3. The first-order valence-corrected chi connectivity index (χ1v) is 10.2. The third-order valence-corrected chi connectivity index (χ3v) is 4.83. The van der Waals surface area contributed by atoms with Gasteiger partial charge in [0.25, 0.3) is 5.91 Å². The third kappa shape index (κ3) is 6.18. The van der Waals surface area contributed by atoms with Gasteiger partial charge in [-0.1, -0.05) is 17.7 Å². The van der Waals surface area contributed by atoms with Crippen molar-refractivity contribution in [3.05, 3.63) is 71.1 Å². The monoisotopic (exact) mass is 457 g/mol. The van der Waals surface area contributed by atoms with Gasteiger partial charge in [0.15, 0.2) is 17.3 Å². The summed E-state index contributed by atoms with van der Waals surface area (Å²) in [5, 5.41) is 9.06. The summed E-state index contributed by atoms with van der Waals surface area (Å²) in [6.07, 6.45) is 2.05. The number of ether oxygens (including phenoxy) is 2. The third-order valence-electron chi connectivity index (χ3n) is 4.60. The molecule has 0 aliphatic heterocycles. The second-order valence-corrected chi connectivity index (χ2v) is 7.20. The molecule has 0 atom stereocenters. The Morgan fingerprint density at radius 2 is 1.81 bits per heavy atom. The van der Waals surface area contributed by atoms with Gasteiger partial charge in [0, 0.05) is 11.6 Å². The molecule has 0 bridgehead atoms. The lowest BCUT2D eigenvalue weighted by atomic mass is 10.1. The number of nitrogens with one attached hydrogen (secondary N) is 3. The largest absolute Gasteiger partial charge is 0.493 e. The first-order valence-electron chi connectivity index (χ1n) is 9.86. The van der Waals surface area contributed by atoms with Gasteiger partial charge in [0.2, 0.25) is 5.91 Å². The standard InChI is InChI=1S/C23H24ClN3O5/c1-30-19-8-5-15(12-21(19)31-2)9-10-25-22(28)14-26-17-7-6-16(24)13-18(17)27-23(29)20-4-3-11-32-20/h3-8,11-13,26H,9-10,14H2,1-2H3,(H,25,28)(H,27,29). The fourth-order valence-corrected chi connectivity index (χ4v) is 3.16. The average Bonchev–Trinajstić information content (AvgIpc) is 3.33. The van der Waals surface area contributed by atoms with Gasteiger partial charge in [-0.25, -0.2) is 0 Å². The molecule has 3 aromatic rings. The number of hydrogen-bond acceptors (Lipinski definition) is 6. The zero-order valence-electron chi connectivity index (χ0n) is 17.7. The van der Waals surface area contributed by atoms with Crippen LogP contribution >= 0.6 is 11.6 Å². The Morgan fingerprint density at radius 3 is 2.53 bits per heavy atom. The van der Waals surface area contributed by atoms with Crippen molar-refractivity contribution in [1.29, 1.82) is 0 Å². The SMILES string of the molecule is COc1ccc(CCNC(=O)CNc2ccc(Cl)cc2NC(=O)c2ccco2)cc1OC. The van der Waals surface area contributed by atoms with Gasteiger partial charge in [-0.15, -0.1) is 0 Å². The number of hydrogen-bond donors (Lipinski definition) is 3. The van der Waals surface area contributed by atoms with Crippen LogP contribution in [0.1, 0.15) is 16.1 Å². The van der Waals surface area contributed by atoms with Crippen LogP contribution in [-0.4, -0.2) is 39.1 Å². The lowest BCUT2D eigenvalue weighted by Crippen LogP contribution is -2.31. The molecule has 0 fully saturated rings. The number of anilines is 2. The van der Waals surface area contributed by atoms with E-state index in [9.17, 15) is 9.59 Å². The number of methoxy groups -OCH3 is 2. The second-order valence-electron chi connectivity index (χ2n) is 6.76. The number of carbonyl (C=O) groups excluding carboxylic acids is 2. The molecule has 0 aliphatic rings. The van der Waals surface area contributed by atoms with Crippen molar-refractivity contribution in [2.75, 3.05) is 37.9 Å². The van der Waals surface area contributed by atoms with E-state index in [0.29, 0.717) is 40.9 Å². The summed E-state index contributed by atoms with van der Waals surface area (Å²) < 4.78 is 15.6. The van der Waals surface area contributed by atoms with E-state index in [0.717, 1.165) is 5.56 Å². The molecular formula is C23H24ClN3O5. The minimum absolute atomic E-state index is 0.0250. The molecule has 3 N–H and O–H groups in total. The van der Waals surface area contributed by atoms with Crippen LogP contribution in [0, 0.1) is 0 Å². The molecule has 168 valence electrons. The molecule has 0 saturated carbocycles. The van der Waals surface area contributed by atoms with Crippen molar-refractivity contribution in [2.24, 2.45) is 0 Å². The first kappa shape index (κ1) is 23.0. The first-order chi connectivity index (χ1) is 15.5. The smallest absolute Gasteiger partial charge is 0.291 e. The molecule has 1 aromatic heterocycles. The number of halogens is 1. The predicted molar refractivity (Wildman–Crippen MR) is 123 cm³/mol. The molecule has 2 aromatic carbocycles. The number of benzene rings is 2. The van der Waals surface area contributed by atoms with Gasteiger partial charge >= 0.3 is 0 Å². The van der Waals surface area contributed by atoms with Crippen LogP contribution in [0.3, 0.4) is 0 Å². The van der Waals surface area contributed by atoms with Gasteiger partial charge in [0.05, 0.1) is 38.4 Å². The summed E-state index contributed by atoms with van der Waals surface area (Å²) in [7, 11) is 3.16. The molecule has 3 rings (SSSR count). The van der Waals surface area contributed by atoms with E-state index in [-0.39, 0.29) is 18.2 Å². The number of carbonyl (C=O) groups is 2. The lowest BCUT2D eigenvalue weighted by molar-refractivity contribution is -0.119. The van der Waals surface area contributed by atoms with Crippen LogP contribution in [0.2, 0.25) is 5.02 Å². The Morgan fingerprint density at radius 1 is 1.00 bits per heavy atom. The molecule has 0 radical (unpaired) electrons. The van der Waals surface area contributed by atoms with Gasteiger partial charge in [-0.05, 0) is 54.4 Å². The maximum Gasteiger partial charge on any atom is 0.291 e. The van der Waals surface area contributed by atoms with Crippen molar-refractivity contribution >= 4 is 34.8 Å². The number of amides is 2. The fourth-order valence-electron chi connectivity index (χ4n) is 2.99. The zero-order chi connectivity index (χ0) is 22.9. The summed E-state index contributed by atoms with van der Waals surface area (Å²) in [6, 6.07) is 13.8. The van der Waals surface area contributed by atoms with Crippen molar-refractivity contribution in [1.82, 2.24) is 5.32 Å². The highest BCUT2D eigenvalue weighted by Crippen LogP contribution is 2.28. The van der Waals surface area contributed by atoms with Crippen molar-refractivity contribution in [2.45, 2.75) is 6.42 Å². The van der Waals surface area contributed by atoms with E-state index < -0.39 is 5.91 Å². The Balaban J connectivity index is 1.52. The Labute approximate surface area is 190 Å². The van der Waals surface area contributed by atoms with Crippen LogP contribution in [0.15, 0.2) is 59.2 Å². The average molecular weight is 458 g/mol. The Kier molecular flexibility index (Phi) is 7.99. The van der Waals surface area contributed by atoms with Crippen molar-refractivity contribution < 1.29 is 23.5 Å². The summed E-state index contributed by atoms with van der Waals surface area (Å²) in [5.41, 5.74) is 2.01. The fraction of sp³-hybridized carbons (Fsp3) is 0.217. The van der Waals surface area contributed by atoms with Gasteiger partial charge in [-0.3, -0.25) is 9.59 Å². The van der Waals surface area contributed by atoms with Crippen LogP contribution in [0.4, 0.5) is 11.4 Å². The topological polar surface area (TPSA) is 102 Å². The molecule has 0 unspecified atom stereocenters. The highest BCUT2D eigenvalue weighted by Gasteiger charge is 2.13. The van der Waals surface area contributed by atoms with E-state index in [1.807, 2.05) is 18.2 Å². The number of furan rings is 1. The maximum atomic E-state index is 12.3. The molecule has 0 saturated heterocycles. The predicted octanol–water partition coefficient (Wildman–Crippen LogP) is 3.97. The molecule has 2 amide bonds. The van der Waals surface area contributed by atoms with E-state index in [2.05, 4.69) is 16.0 Å². The van der Waals surface area contributed by atoms with Crippen LogP contribution < -0.4 is 25.4 Å². The van der Waals surface area contributed by atoms with E-state index in [1.165, 1.54) is 6.26 Å². The minimum Gasteiger partial charge on any atom is -0.493 e. The molecule has 9 heteroatoms. The molecule has 1 heterocycles. The van der Waals surface area contributed by atoms with Gasteiger partial charge in [-0.2, -0.15) is 0 Å². The van der Waals surface area contributed by atoms with Crippen molar-refractivity contribution in [3.63, 3.8) is 0 Å². The minimum atomic E-state index is -0.417. The highest BCUT2D eigenvalue weighted by atomic mass is 35.5. The highest BCUT2D eigenvalue weighted by molar-refractivity contribution is 6.31. The quantitative estimate of drug-likeness (QED) is 0.425. The normalized spacial score (nSPS) is 10.3. The van der Waals surface area contributed by atoms with Crippen LogP contribution in [-0.2, 0) is 11.2 Å². The Hall–Kier alpha value is -3.65. The lowest BCUT2D eigenvalue weighted by Gasteiger charge is -2.13. The molecule has 8 nitrogen and oxygen atoms in total. The molecule has 32 heavy (non-hydrogen) atoms. The zero-order valence-corrected chi connectivity index (χ0v) is 18.5. The van der Waals surface area contributed by atoms with Crippen LogP contribution in [0.25, 0.3) is 0 Å². The molecule has 0 spiro atoms. The van der Waals surface area contributed by atoms with E-state index in [4.69, 9.17) is 25.5 Å². The molecular weight excluding hydrogens is 434 g/mol.